The van der Waals surface area contributed by atoms with Gasteiger partial charge < -0.3 is 9.47 Å². The van der Waals surface area contributed by atoms with E-state index in [1.807, 2.05) is 25.1 Å². The molecule has 1 aliphatic rings. The molecule has 0 aromatic heterocycles. The number of hydrogen-bond donors (Lipinski definition) is 0. The molecule has 134 valence electrons. The molecule has 0 aliphatic carbocycles. The van der Waals surface area contributed by atoms with Crippen molar-refractivity contribution in [1.82, 2.24) is 0 Å². The average molecular weight is 406 g/mol. The first kappa shape index (κ1) is 18.8. The third-order valence-corrected chi connectivity index (χ3v) is 5.22. The monoisotopic (exact) mass is 405 g/mol. The molecule has 0 saturated carbocycles. The summed E-state index contributed by atoms with van der Waals surface area (Å²) in [6, 6.07) is 12.5. The van der Waals surface area contributed by atoms with Gasteiger partial charge in [-0.05, 0) is 55.0 Å². The Morgan fingerprint density at radius 3 is 2.58 bits per heavy atom. The summed E-state index contributed by atoms with van der Waals surface area (Å²) in [7, 11) is 1.59. The van der Waals surface area contributed by atoms with Gasteiger partial charge in [0, 0.05) is 5.02 Å². The minimum atomic E-state index is -0.156. The number of halogens is 1. The van der Waals surface area contributed by atoms with Crippen LogP contribution in [0.15, 0.2) is 47.4 Å². The Kier molecular flexibility index (Phi) is 5.86. The summed E-state index contributed by atoms with van der Waals surface area (Å²) < 4.78 is 11.4. The second-order valence-electron chi connectivity index (χ2n) is 5.34. The van der Waals surface area contributed by atoms with E-state index in [4.69, 9.17) is 33.3 Å². The lowest BCUT2D eigenvalue weighted by Crippen LogP contribution is -2.27. The summed E-state index contributed by atoms with van der Waals surface area (Å²) >= 11 is 12.6. The van der Waals surface area contributed by atoms with Crippen molar-refractivity contribution >= 4 is 57.6 Å². The van der Waals surface area contributed by atoms with Gasteiger partial charge in [-0.2, -0.15) is 0 Å². The summed E-state index contributed by atoms with van der Waals surface area (Å²) in [6.07, 6.45) is 1.80. The predicted molar refractivity (Wildman–Crippen MR) is 111 cm³/mol. The molecule has 2 aromatic rings. The molecule has 1 aliphatic heterocycles. The van der Waals surface area contributed by atoms with Crippen LogP contribution in [0.4, 0.5) is 5.69 Å². The Morgan fingerprint density at radius 2 is 1.92 bits per heavy atom. The van der Waals surface area contributed by atoms with Crippen LogP contribution in [-0.4, -0.2) is 23.9 Å². The van der Waals surface area contributed by atoms with Gasteiger partial charge in [0.05, 0.1) is 24.3 Å². The molecule has 2 aromatic carbocycles. The Balaban J connectivity index is 1.90. The molecule has 0 atom stereocenters. The number of methoxy groups -OCH3 is 1. The predicted octanol–water partition coefficient (Wildman–Crippen LogP) is 5.15. The number of thiocarbonyl (C=S) groups is 1. The number of amides is 1. The molecule has 1 fully saturated rings. The van der Waals surface area contributed by atoms with Gasteiger partial charge in [-0.1, -0.05) is 41.6 Å². The summed E-state index contributed by atoms with van der Waals surface area (Å²) in [6.45, 7) is 2.43. The van der Waals surface area contributed by atoms with Crippen LogP contribution in [-0.2, 0) is 4.79 Å². The topological polar surface area (TPSA) is 38.8 Å². The molecule has 7 heteroatoms. The Morgan fingerprint density at radius 1 is 1.19 bits per heavy atom. The van der Waals surface area contributed by atoms with Crippen LogP contribution in [0.2, 0.25) is 5.02 Å². The number of nitrogens with zero attached hydrogens (tertiary/aromatic N) is 1. The highest BCUT2D eigenvalue weighted by Crippen LogP contribution is 2.37. The smallest absolute Gasteiger partial charge is 0.270 e. The first-order valence-electron chi connectivity index (χ1n) is 7.88. The lowest BCUT2D eigenvalue weighted by molar-refractivity contribution is -0.113. The van der Waals surface area contributed by atoms with Crippen molar-refractivity contribution < 1.29 is 14.3 Å². The van der Waals surface area contributed by atoms with Crippen molar-refractivity contribution in [3.8, 4) is 11.5 Å². The summed E-state index contributed by atoms with van der Waals surface area (Å²) in [5.41, 5.74) is 1.54. The van der Waals surface area contributed by atoms with Crippen molar-refractivity contribution in [2.24, 2.45) is 0 Å². The van der Waals surface area contributed by atoms with Crippen molar-refractivity contribution in [2.45, 2.75) is 6.92 Å². The van der Waals surface area contributed by atoms with Crippen LogP contribution in [0.1, 0.15) is 12.5 Å². The van der Waals surface area contributed by atoms with E-state index in [9.17, 15) is 4.79 Å². The van der Waals surface area contributed by atoms with E-state index in [-0.39, 0.29) is 5.91 Å². The molecule has 1 saturated heterocycles. The van der Waals surface area contributed by atoms with Crippen molar-refractivity contribution in [3.05, 3.63) is 58.0 Å². The number of thioether (sulfide) groups is 1. The zero-order chi connectivity index (χ0) is 18.7. The van der Waals surface area contributed by atoms with Gasteiger partial charge in [0.15, 0.2) is 15.8 Å². The number of hydrogen-bond acceptors (Lipinski definition) is 5. The fourth-order valence-electron chi connectivity index (χ4n) is 2.48. The molecule has 26 heavy (non-hydrogen) atoms. The SMILES string of the molecule is CCOc1cc(/C=C2\SC(=S)N(c3ccc(Cl)cc3)C2=O)ccc1OC. The van der Waals surface area contributed by atoms with Crippen LogP contribution < -0.4 is 14.4 Å². The van der Waals surface area contributed by atoms with Crippen molar-refractivity contribution in [1.29, 1.82) is 0 Å². The second kappa shape index (κ2) is 8.12. The van der Waals surface area contributed by atoms with Gasteiger partial charge in [-0.3, -0.25) is 9.69 Å². The maximum Gasteiger partial charge on any atom is 0.270 e. The van der Waals surface area contributed by atoms with Gasteiger partial charge in [-0.25, -0.2) is 0 Å². The highest BCUT2D eigenvalue weighted by atomic mass is 35.5. The van der Waals surface area contributed by atoms with Crippen LogP contribution in [0.3, 0.4) is 0 Å². The molecule has 0 N–H and O–H groups in total. The van der Waals surface area contributed by atoms with Gasteiger partial charge in [-0.15, -0.1) is 0 Å². The maximum atomic E-state index is 12.8. The van der Waals surface area contributed by atoms with Crippen LogP contribution in [0.25, 0.3) is 6.08 Å². The van der Waals surface area contributed by atoms with E-state index in [1.54, 1.807) is 37.5 Å². The molecule has 0 unspecified atom stereocenters. The largest absolute Gasteiger partial charge is 0.493 e. The fraction of sp³-hybridized carbons (Fsp3) is 0.158. The molecule has 0 bridgehead atoms. The minimum Gasteiger partial charge on any atom is -0.493 e. The van der Waals surface area contributed by atoms with Crippen LogP contribution in [0, 0.1) is 0 Å². The highest BCUT2D eigenvalue weighted by molar-refractivity contribution is 8.27. The third-order valence-electron chi connectivity index (χ3n) is 3.66. The second-order valence-corrected chi connectivity index (χ2v) is 7.45. The normalized spacial score (nSPS) is 15.7. The van der Waals surface area contributed by atoms with E-state index < -0.39 is 0 Å². The number of rotatable bonds is 5. The summed E-state index contributed by atoms with van der Waals surface area (Å²) in [4.78, 5) is 14.9. The zero-order valence-electron chi connectivity index (χ0n) is 14.2. The number of carbonyl (C=O) groups excluding carboxylic acids is 1. The average Bonchev–Trinajstić information content (AvgIpc) is 2.90. The van der Waals surface area contributed by atoms with Crippen molar-refractivity contribution in [2.75, 3.05) is 18.6 Å². The standard InChI is InChI=1S/C19H16ClNO3S2/c1-3-24-16-10-12(4-9-15(16)23-2)11-17-18(22)21(19(25)26-17)14-7-5-13(20)6-8-14/h4-11H,3H2,1-2H3/b17-11-. The van der Waals surface area contributed by atoms with E-state index in [1.165, 1.54) is 16.7 Å². The van der Waals surface area contributed by atoms with Crippen LogP contribution in [0.5, 0.6) is 11.5 Å². The molecule has 1 heterocycles. The number of ether oxygens (including phenoxy) is 2. The molecule has 4 nitrogen and oxygen atoms in total. The van der Waals surface area contributed by atoms with E-state index in [2.05, 4.69) is 0 Å². The van der Waals surface area contributed by atoms with Gasteiger partial charge in [0.1, 0.15) is 0 Å². The van der Waals surface area contributed by atoms with E-state index in [0.29, 0.717) is 38.0 Å². The third kappa shape index (κ3) is 3.87. The zero-order valence-corrected chi connectivity index (χ0v) is 16.6. The van der Waals surface area contributed by atoms with Gasteiger partial charge >= 0.3 is 0 Å². The molecule has 0 spiro atoms. The Hall–Kier alpha value is -2.02. The van der Waals surface area contributed by atoms with Crippen LogP contribution >= 0.6 is 35.6 Å². The minimum absolute atomic E-state index is 0.156. The molecule has 3 rings (SSSR count). The number of benzene rings is 2. The quantitative estimate of drug-likeness (QED) is 0.508. The summed E-state index contributed by atoms with van der Waals surface area (Å²) in [5.74, 6) is 1.13. The van der Waals surface area contributed by atoms with Crippen molar-refractivity contribution in [3.63, 3.8) is 0 Å². The van der Waals surface area contributed by atoms with E-state index in [0.717, 1.165) is 5.56 Å². The first-order chi connectivity index (χ1) is 12.5. The maximum absolute atomic E-state index is 12.8. The molecule has 1 amide bonds. The van der Waals surface area contributed by atoms with Gasteiger partial charge in [0.25, 0.3) is 5.91 Å². The highest BCUT2D eigenvalue weighted by Gasteiger charge is 2.33. The molecule has 0 radical (unpaired) electrons. The summed E-state index contributed by atoms with van der Waals surface area (Å²) in [5, 5.41) is 0.608. The fourth-order valence-corrected chi connectivity index (χ4v) is 3.91. The molecular weight excluding hydrogens is 390 g/mol. The lowest BCUT2D eigenvalue weighted by atomic mass is 10.2. The lowest BCUT2D eigenvalue weighted by Gasteiger charge is -2.14. The number of anilines is 1. The first-order valence-corrected chi connectivity index (χ1v) is 9.48. The number of carbonyl (C=O) groups is 1. The van der Waals surface area contributed by atoms with E-state index >= 15 is 0 Å². The van der Waals surface area contributed by atoms with Gasteiger partial charge in [0.2, 0.25) is 0 Å². The molecular formula is C19H16ClNO3S2. The Bertz CT molecular complexity index is 881. The Labute approximate surface area is 166 Å².